The van der Waals surface area contributed by atoms with Gasteiger partial charge in [0.15, 0.2) is 5.16 Å². The zero-order chi connectivity index (χ0) is 20.9. The van der Waals surface area contributed by atoms with E-state index in [0.29, 0.717) is 12.3 Å². The van der Waals surface area contributed by atoms with Gasteiger partial charge in [0, 0.05) is 37.7 Å². The van der Waals surface area contributed by atoms with Crippen LogP contribution in [0.3, 0.4) is 0 Å². The van der Waals surface area contributed by atoms with E-state index >= 15 is 0 Å². The minimum absolute atomic E-state index is 0.0131. The van der Waals surface area contributed by atoms with Gasteiger partial charge in [-0.3, -0.25) is 9.36 Å². The average molecular weight is 421 g/mol. The molecule has 3 aromatic rings. The van der Waals surface area contributed by atoms with Crippen LogP contribution in [0.1, 0.15) is 29.5 Å². The number of anilines is 1. The fraction of sp³-hybridized carbons (Fsp3) is 0.333. The van der Waals surface area contributed by atoms with Gasteiger partial charge in [-0.15, -0.1) is 0 Å². The molecule has 5 nitrogen and oxygen atoms in total. The summed E-state index contributed by atoms with van der Waals surface area (Å²) in [6.07, 6.45) is 6.28. The molecule has 0 unspecified atom stereocenters. The van der Waals surface area contributed by atoms with Crippen LogP contribution >= 0.6 is 11.8 Å². The van der Waals surface area contributed by atoms with Crippen LogP contribution in [0.2, 0.25) is 0 Å². The molecule has 1 aromatic heterocycles. The number of hydrogen-bond acceptors (Lipinski definition) is 4. The number of imidazole rings is 1. The minimum atomic E-state index is 0.0131. The highest BCUT2D eigenvalue weighted by atomic mass is 32.2. The lowest BCUT2D eigenvalue weighted by Gasteiger charge is -2.17. The third-order valence-corrected chi connectivity index (χ3v) is 6.43. The van der Waals surface area contributed by atoms with Gasteiger partial charge in [-0.25, -0.2) is 4.98 Å². The second-order valence-corrected chi connectivity index (χ2v) is 8.74. The maximum Gasteiger partial charge on any atom is 0.230 e. The van der Waals surface area contributed by atoms with Crippen LogP contribution in [0.4, 0.5) is 5.69 Å². The molecule has 1 N–H and O–H groups in total. The quantitative estimate of drug-likeness (QED) is 0.572. The molecule has 156 valence electrons. The molecular formula is C24H28N4OS. The van der Waals surface area contributed by atoms with Crippen LogP contribution in [0.5, 0.6) is 0 Å². The van der Waals surface area contributed by atoms with Crippen molar-refractivity contribution in [2.24, 2.45) is 0 Å². The van der Waals surface area contributed by atoms with E-state index in [-0.39, 0.29) is 5.91 Å². The zero-order valence-electron chi connectivity index (χ0n) is 17.6. The Balaban J connectivity index is 1.30. The topological polar surface area (TPSA) is 50.2 Å². The highest BCUT2D eigenvalue weighted by Crippen LogP contribution is 2.24. The molecule has 0 saturated carbocycles. The average Bonchev–Trinajstić information content (AvgIpc) is 3.45. The van der Waals surface area contributed by atoms with Crippen molar-refractivity contribution in [2.45, 2.75) is 38.4 Å². The van der Waals surface area contributed by atoms with Gasteiger partial charge in [0.1, 0.15) is 0 Å². The first-order chi connectivity index (χ1) is 14.6. The molecule has 1 saturated heterocycles. The number of thioether (sulfide) groups is 1. The summed E-state index contributed by atoms with van der Waals surface area (Å²) in [5.74, 6) is 0.354. The van der Waals surface area contributed by atoms with Crippen LogP contribution in [-0.2, 0) is 11.3 Å². The molecule has 1 amide bonds. The van der Waals surface area contributed by atoms with Crippen molar-refractivity contribution in [3.05, 3.63) is 71.5 Å². The van der Waals surface area contributed by atoms with Crippen molar-refractivity contribution in [3.8, 4) is 5.69 Å². The highest BCUT2D eigenvalue weighted by Gasteiger charge is 2.13. The Bertz CT molecular complexity index is 1010. The van der Waals surface area contributed by atoms with E-state index in [9.17, 15) is 4.79 Å². The van der Waals surface area contributed by atoms with Gasteiger partial charge >= 0.3 is 0 Å². The molecule has 1 aliphatic rings. The van der Waals surface area contributed by atoms with Crippen LogP contribution in [0.25, 0.3) is 5.69 Å². The summed E-state index contributed by atoms with van der Waals surface area (Å²) >= 11 is 1.46. The summed E-state index contributed by atoms with van der Waals surface area (Å²) in [4.78, 5) is 19.2. The molecule has 0 spiro atoms. The molecule has 2 heterocycles. The van der Waals surface area contributed by atoms with Crippen LogP contribution in [0, 0.1) is 13.8 Å². The number of rotatable bonds is 7. The summed E-state index contributed by atoms with van der Waals surface area (Å²) in [6, 6.07) is 14.9. The molecule has 0 aliphatic carbocycles. The smallest absolute Gasteiger partial charge is 0.230 e. The van der Waals surface area contributed by atoms with Gasteiger partial charge in [0.2, 0.25) is 5.91 Å². The fourth-order valence-electron chi connectivity index (χ4n) is 3.74. The molecule has 0 radical (unpaired) electrons. The Labute approximate surface area is 182 Å². The first-order valence-electron chi connectivity index (χ1n) is 10.4. The van der Waals surface area contributed by atoms with Gasteiger partial charge in [-0.05, 0) is 61.6 Å². The second-order valence-electron chi connectivity index (χ2n) is 7.80. The Hall–Kier alpha value is -2.73. The van der Waals surface area contributed by atoms with Crippen LogP contribution in [-0.4, -0.2) is 34.3 Å². The number of nitrogens with one attached hydrogen (secondary N) is 1. The van der Waals surface area contributed by atoms with E-state index < -0.39 is 0 Å². The van der Waals surface area contributed by atoms with E-state index in [4.69, 9.17) is 0 Å². The molecule has 0 bridgehead atoms. The van der Waals surface area contributed by atoms with Gasteiger partial charge < -0.3 is 10.2 Å². The van der Waals surface area contributed by atoms with Crippen molar-refractivity contribution >= 4 is 23.4 Å². The van der Waals surface area contributed by atoms with Gasteiger partial charge in [0.05, 0.1) is 11.4 Å². The number of amides is 1. The molecule has 4 rings (SSSR count). The molecular weight excluding hydrogens is 392 g/mol. The molecule has 0 atom stereocenters. The first kappa shape index (κ1) is 20.5. The number of aromatic nitrogens is 2. The Morgan fingerprint density at radius 3 is 2.63 bits per heavy atom. The van der Waals surface area contributed by atoms with Crippen LogP contribution < -0.4 is 10.2 Å². The lowest BCUT2D eigenvalue weighted by atomic mass is 10.1. The van der Waals surface area contributed by atoms with Gasteiger partial charge in [0.25, 0.3) is 0 Å². The Morgan fingerprint density at radius 1 is 1.10 bits per heavy atom. The van der Waals surface area contributed by atoms with E-state index in [1.165, 1.54) is 41.4 Å². The lowest BCUT2D eigenvalue weighted by Crippen LogP contribution is -2.24. The van der Waals surface area contributed by atoms with E-state index in [1.54, 1.807) is 6.20 Å². The van der Waals surface area contributed by atoms with Crippen molar-refractivity contribution in [2.75, 3.05) is 23.7 Å². The number of carbonyl (C=O) groups is 1. The van der Waals surface area contributed by atoms with E-state index in [2.05, 4.69) is 76.1 Å². The van der Waals surface area contributed by atoms with Crippen molar-refractivity contribution in [1.82, 2.24) is 14.9 Å². The maximum atomic E-state index is 12.4. The third kappa shape index (κ3) is 4.87. The lowest BCUT2D eigenvalue weighted by molar-refractivity contribution is -0.118. The predicted molar refractivity (Wildman–Crippen MR) is 123 cm³/mol. The molecule has 1 aliphatic heterocycles. The normalized spacial score (nSPS) is 13.6. The van der Waals surface area contributed by atoms with Gasteiger partial charge in [-0.2, -0.15) is 0 Å². The molecule has 30 heavy (non-hydrogen) atoms. The number of nitrogens with zero attached hydrogens (tertiary/aromatic N) is 3. The summed E-state index contributed by atoms with van der Waals surface area (Å²) in [5, 5.41) is 3.85. The highest BCUT2D eigenvalue weighted by molar-refractivity contribution is 7.99. The predicted octanol–water partition coefficient (Wildman–Crippen LogP) is 4.50. The second kappa shape index (κ2) is 9.39. The fourth-order valence-corrected chi connectivity index (χ4v) is 4.54. The Kier molecular flexibility index (Phi) is 6.43. The summed E-state index contributed by atoms with van der Waals surface area (Å²) in [7, 11) is 0. The summed E-state index contributed by atoms with van der Waals surface area (Å²) in [6.45, 7) is 7.00. The number of hydrogen-bond donors (Lipinski definition) is 1. The molecule has 6 heteroatoms. The van der Waals surface area contributed by atoms with Crippen molar-refractivity contribution in [3.63, 3.8) is 0 Å². The van der Waals surface area contributed by atoms with E-state index in [0.717, 1.165) is 29.5 Å². The minimum Gasteiger partial charge on any atom is -0.372 e. The van der Waals surface area contributed by atoms with Gasteiger partial charge in [-0.1, -0.05) is 36.0 Å². The van der Waals surface area contributed by atoms with E-state index in [1.807, 2.05) is 6.20 Å². The zero-order valence-corrected chi connectivity index (χ0v) is 18.4. The summed E-state index contributed by atoms with van der Waals surface area (Å²) < 4.78 is 2.05. The molecule has 2 aromatic carbocycles. The third-order valence-electron chi connectivity index (χ3n) is 5.46. The summed E-state index contributed by atoms with van der Waals surface area (Å²) in [5.41, 5.74) is 5.88. The standard InChI is InChI=1S/C24H28N4OS/c1-18-5-6-19(2)22(15-18)28-14-11-25-24(28)30-17-23(29)26-16-20-7-9-21(10-8-20)27-12-3-4-13-27/h5-11,14-15H,3-4,12-13,16-17H2,1-2H3,(H,26,29). The number of aryl methyl sites for hydroxylation is 2. The molecule has 1 fully saturated rings. The monoisotopic (exact) mass is 420 g/mol. The van der Waals surface area contributed by atoms with Crippen molar-refractivity contribution in [1.29, 1.82) is 0 Å². The first-order valence-corrected chi connectivity index (χ1v) is 11.4. The number of carbonyl (C=O) groups excluding carboxylic acids is 1. The van der Waals surface area contributed by atoms with Crippen molar-refractivity contribution < 1.29 is 4.79 Å². The number of benzene rings is 2. The maximum absolute atomic E-state index is 12.4. The Morgan fingerprint density at radius 2 is 1.87 bits per heavy atom. The largest absolute Gasteiger partial charge is 0.372 e. The SMILES string of the molecule is Cc1ccc(C)c(-n2ccnc2SCC(=O)NCc2ccc(N3CCCC3)cc2)c1. The van der Waals surface area contributed by atoms with Crippen LogP contribution in [0.15, 0.2) is 60.0 Å².